The van der Waals surface area contributed by atoms with Gasteiger partial charge in [-0.25, -0.2) is 4.99 Å². The number of nitrogens with zero attached hydrogens (tertiary/aromatic N) is 2. The average Bonchev–Trinajstić information content (AvgIpc) is 2.76. The van der Waals surface area contributed by atoms with Crippen LogP contribution in [0.5, 0.6) is 5.75 Å². The Labute approximate surface area is 166 Å². The fraction of sp³-hybridized carbons (Fsp3) is 0.217. The third kappa shape index (κ3) is 5.84. The summed E-state index contributed by atoms with van der Waals surface area (Å²) in [5, 5.41) is 6.55. The topological polar surface area (TPSA) is 58.5 Å². The van der Waals surface area contributed by atoms with E-state index in [0.29, 0.717) is 19.7 Å². The van der Waals surface area contributed by atoms with Gasteiger partial charge in [-0.3, -0.25) is 4.98 Å². The van der Waals surface area contributed by atoms with E-state index in [4.69, 9.17) is 4.74 Å². The smallest absolute Gasteiger partial charge is 0.191 e. The molecule has 0 fully saturated rings. The molecule has 5 heteroatoms. The molecule has 0 aliphatic heterocycles. The van der Waals surface area contributed by atoms with Gasteiger partial charge in [-0.1, -0.05) is 54.6 Å². The third-order valence-electron chi connectivity index (χ3n) is 4.09. The molecule has 5 nitrogen and oxygen atoms in total. The van der Waals surface area contributed by atoms with Crippen molar-refractivity contribution in [3.05, 3.63) is 84.7 Å². The second-order valence-electron chi connectivity index (χ2n) is 6.15. The summed E-state index contributed by atoms with van der Waals surface area (Å²) in [5.41, 5.74) is 3.18. The largest absolute Gasteiger partial charge is 0.491 e. The molecule has 0 saturated carbocycles. The van der Waals surface area contributed by atoms with E-state index >= 15 is 0 Å². The zero-order chi connectivity index (χ0) is 19.4. The van der Waals surface area contributed by atoms with E-state index in [2.05, 4.69) is 38.8 Å². The standard InChI is InChI=1S/C23H26N4O/c1-2-24-23(27-18-20-12-8-9-15-25-20)26-16-17-28-22-14-7-6-13-21(22)19-10-4-3-5-11-19/h3-15H,2,16-18H2,1H3,(H2,24,26,27). The zero-order valence-electron chi connectivity index (χ0n) is 16.1. The van der Waals surface area contributed by atoms with Gasteiger partial charge >= 0.3 is 0 Å². The van der Waals surface area contributed by atoms with E-state index in [-0.39, 0.29) is 0 Å². The van der Waals surface area contributed by atoms with E-state index in [9.17, 15) is 0 Å². The number of rotatable bonds is 8. The Hall–Kier alpha value is -3.34. The fourth-order valence-electron chi connectivity index (χ4n) is 2.77. The lowest BCUT2D eigenvalue weighted by molar-refractivity contribution is 0.323. The number of benzene rings is 2. The zero-order valence-corrected chi connectivity index (χ0v) is 16.1. The van der Waals surface area contributed by atoms with Gasteiger partial charge < -0.3 is 15.4 Å². The first-order valence-electron chi connectivity index (χ1n) is 9.56. The van der Waals surface area contributed by atoms with Crippen LogP contribution in [0, 0.1) is 0 Å². The molecular weight excluding hydrogens is 348 g/mol. The maximum absolute atomic E-state index is 6.03. The summed E-state index contributed by atoms with van der Waals surface area (Å²) in [6.07, 6.45) is 1.78. The SMILES string of the molecule is CCNC(=NCc1ccccn1)NCCOc1ccccc1-c1ccccc1. The van der Waals surface area contributed by atoms with Crippen LogP contribution in [0.1, 0.15) is 12.6 Å². The van der Waals surface area contributed by atoms with Crippen LogP contribution in [-0.2, 0) is 6.54 Å². The van der Waals surface area contributed by atoms with Crippen molar-refractivity contribution >= 4 is 5.96 Å². The maximum atomic E-state index is 6.03. The lowest BCUT2D eigenvalue weighted by atomic mass is 10.1. The van der Waals surface area contributed by atoms with Crippen molar-refractivity contribution in [2.45, 2.75) is 13.5 Å². The normalized spacial score (nSPS) is 11.1. The summed E-state index contributed by atoms with van der Waals surface area (Å²) in [6, 6.07) is 24.2. The molecule has 144 valence electrons. The molecular formula is C23H26N4O. The molecule has 0 aliphatic carbocycles. The Morgan fingerprint density at radius 1 is 0.929 bits per heavy atom. The Balaban J connectivity index is 1.54. The molecule has 2 N–H and O–H groups in total. The highest BCUT2D eigenvalue weighted by molar-refractivity contribution is 5.79. The molecule has 0 amide bonds. The molecule has 0 unspecified atom stereocenters. The number of para-hydroxylation sites is 1. The summed E-state index contributed by atoms with van der Waals surface area (Å²) in [4.78, 5) is 8.87. The molecule has 0 bridgehead atoms. The van der Waals surface area contributed by atoms with Crippen molar-refractivity contribution in [2.24, 2.45) is 4.99 Å². The molecule has 0 aliphatic rings. The highest BCUT2D eigenvalue weighted by Crippen LogP contribution is 2.29. The summed E-state index contributed by atoms with van der Waals surface area (Å²) in [6.45, 7) is 4.57. The van der Waals surface area contributed by atoms with Crippen molar-refractivity contribution < 1.29 is 4.74 Å². The van der Waals surface area contributed by atoms with Crippen LogP contribution in [0.4, 0.5) is 0 Å². The second-order valence-corrected chi connectivity index (χ2v) is 6.15. The second kappa shape index (κ2) is 10.7. The molecule has 0 atom stereocenters. The van der Waals surface area contributed by atoms with Gasteiger partial charge in [0.05, 0.1) is 18.8 Å². The first kappa shape index (κ1) is 19.4. The van der Waals surface area contributed by atoms with Gasteiger partial charge in [0.25, 0.3) is 0 Å². The van der Waals surface area contributed by atoms with Crippen molar-refractivity contribution in [1.29, 1.82) is 0 Å². The Bertz CT molecular complexity index is 866. The van der Waals surface area contributed by atoms with Gasteiger partial charge in [-0.2, -0.15) is 0 Å². The lowest BCUT2D eigenvalue weighted by Crippen LogP contribution is -2.39. The van der Waals surface area contributed by atoms with Crippen LogP contribution >= 0.6 is 0 Å². The van der Waals surface area contributed by atoms with Crippen molar-refractivity contribution in [3.8, 4) is 16.9 Å². The Morgan fingerprint density at radius 3 is 2.50 bits per heavy atom. The number of nitrogens with one attached hydrogen (secondary N) is 2. The average molecular weight is 374 g/mol. The minimum Gasteiger partial charge on any atom is -0.491 e. The van der Waals surface area contributed by atoms with E-state index in [1.165, 1.54) is 0 Å². The molecule has 1 heterocycles. The molecule has 0 radical (unpaired) electrons. The predicted molar refractivity (Wildman–Crippen MR) is 114 cm³/mol. The van der Waals surface area contributed by atoms with E-state index < -0.39 is 0 Å². The van der Waals surface area contributed by atoms with Gasteiger partial charge in [0, 0.05) is 18.3 Å². The van der Waals surface area contributed by atoms with Crippen molar-refractivity contribution in [1.82, 2.24) is 15.6 Å². The van der Waals surface area contributed by atoms with E-state index in [0.717, 1.165) is 35.1 Å². The number of hydrogen-bond donors (Lipinski definition) is 2. The minimum atomic E-state index is 0.536. The van der Waals surface area contributed by atoms with Crippen molar-refractivity contribution in [2.75, 3.05) is 19.7 Å². The highest BCUT2D eigenvalue weighted by Gasteiger charge is 2.05. The maximum Gasteiger partial charge on any atom is 0.191 e. The summed E-state index contributed by atoms with van der Waals surface area (Å²) in [5.74, 6) is 1.64. The summed E-state index contributed by atoms with van der Waals surface area (Å²) < 4.78 is 6.03. The van der Waals surface area contributed by atoms with Crippen LogP contribution in [-0.4, -0.2) is 30.6 Å². The third-order valence-corrected chi connectivity index (χ3v) is 4.09. The van der Waals surface area contributed by atoms with Crippen LogP contribution < -0.4 is 15.4 Å². The first-order valence-corrected chi connectivity index (χ1v) is 9.56. The number of ether oxygens (including phenoxy) is 1. The highest BCUT2D eigenvalue weighted by atomic mass is 16.5. The molecule has 0 saturated heterocycles. The quantitative estimate of drug-likeness (QED) is 0.357. The summed E-state index contributed by atoms with van der Waals surface area (Å²) in [7, 11) is 0. The van der Waals surface area contributed by atoms with Crippen LogP contribution in [0.2, 0.25) is 0 Å². The van der Waals surface area contributed by atoms with Crippen LogP contribution in [0.25, 0.3) is 11.1 Å². The number of hydrogen-bond acceptors (Lipinski definition) is 3. The van der Waals surface area contributed by atoms with Gasteiger partial charge in [0.15, 0.2) is 5.96 Å². The predicted octanol–water partition coefficient (Wildman–Crippen LogP) is 3.88. The van der Waals surface area contributed by atoms with Gasteiger partial charge in [0.1, 0.15) is 12.4 Å². The summed E-state index contributed by atoms with van der Waals surface area (Å²) >= 11 is 0. The fourth-order valence-corrected chi connectivity index (χ4v) is 2.77. The number of aliphatic imine (C=N–C) groups is 1. The number of pyridine rings is 1. The van der Waals surface area contributed by atoms with E-state index in [1.54, 1.807) is 6.20 Å². The minimum absolute atomic E-state index is 0.536. The monoisotopic (exact) mass is 374 g/mol. The van der Waals surface area contributed by atoms with Gasteiger partial charge in [-0.15, -0.1) is 0 Å². The van der Waals surface area contributed by atoms with E-state index in [1.807, 2.05) is 61.5 Å². The molecule has 1 aromatic heterocycles. The molecule has 0 spiro atoms. The van der Waals surface area contributed by atoms with Crippen LogP contribution in [0.3, 0.4) is 0 Å². The van der Waals surface area contributed by atoms with Crippen LogP contribution in [0.15, 0.2) is 84.0 Å². The number of aromatic nitrogens is 1. The number of guanidine groups is 1. The molecule has 2 aromatic carbocycles. The molecule has 3 rings (SSSR count). The van der Waals surface area contributed by atoms with Gasteiger partial charge in [0.2, 0.25) is 0 Å². The molecule has 28 heavy (non-hydrogen) atoms. The Morgan fingerprint density at radius 2 is 1.71 bits per heavy atom. The first-order chi connectivity index (χ1) is 13.9. The Kier molecular flexibility index (Phi) is 7.44. The van der Waals surface area contributed by atoms with Crippen molar-refractivity contribution in [3.63, 3.8) is 0 Å². The van der Waals surface area contributed by atoms with Gasteiger partial charge in [-0.05, 0) is 30.7 Å². The lowest BCUT2D eigenvalue weighted by Gasteiger charge is -2.14. The molecule has 3 aromatic rings.